The van der Waals surface area contributed by atoms with Gasteiger partial charge in [0.05, 0.1) is 6.20 Å². The summed E-state index contributed by atoms with van der Waals surface area (Å²) < 4.78 is 13.1. The van der Waals surface area contributed by atoms with Gasteiger partial charge in [-0.1, -0.05) is 6.08 Å². The smallest absolute Gasteiger partial charge is 0.142 e. The molecule has 2 nitrogen and oxygen atoms in total. The molecule has 2 aliphatic rings. The standard InChI is InChI=1S/C13H15FN2/c14-11-5-10(6-16-7-11)12-2-1-9-3-4-15-8-13(9)12/h2,5-7,9,13,15H,1,3-4,8H2. The molecule has 1 saturated heterocycles. The van der Waals surface area contributed by atoms with Crippen molar-refractivity contribution in [1.82, 2.24) is 10.3 Å². The zero-order valence-corrected chi connectivity index (χ0v) is 9.12. The number of fused-ring (bicyclic) bond motifs is 1. The van der Waals surface area contributed by atoms with Crippen LogP contribution in [0.1, 0.15) is 18.4 Å². The molecule has 1 fully saturated rings. The number of hydrogen-bond donors (Lipinski definition) is 1. The first-order valence-corrected chi connectivity index (χ1v) is 5.86. The Morgan fingerprint density at radius 3 is 3.19 bits per heavy atom. The van der Waals surface area contributed by atoms with E-state index >= 15 is 0 Å². The van der Waals surface area contributed by atoms with Crippen LogP contribution >= 0.6 is 0 Å². The average molecular weight is 218 g/mol. The number of piperidine rings is 1. The number of hydrogen-bond acceptors (Lipinski definition) is 2. The molecule has 1 aromatic rings. The molecule has 0 aromatic carbocycles. The summed E-state index contributed by atoms with van der Waals surface area (Å²) in [4.78, 5) is 3.93. The Morgan fingerprint density at radius 1 is 1.38 bits per heavy atom. The second kappa shape index (κ2) is 3.98. The lowest BCUT2D eigenvalue weighted by molar-refractivity contribution is 0.328. The van der Waals surface area contributed by atoms with E-state index in [4.69, 9.17) is 0 Å². The van der Waals surface area contributed by atoms with Crippen molar-refractivity contribution in [1.29, 1.82) is 0 Å². The predicted octanol–water partition coefficient (Wildman–Crippen LogP) is 2.23. The average Bonchev–Trinajstić information content (AvgIpc) is 2.72. The Balaban J connectivity index is 1.90. The monoisotopic (exact) mass is 218 g/mol. The lowest BCUT2D eigenvalue weighted by Crippen LogP contribution is -2.34. The van der Waals surface area contributed by atoms with E-state index in [1.54, 1.807) is 12.3 Å². The highest BCUT2D eigenvalue weighted by Gasteiger charge is 2.32. The van der Waals surface area contributed by atoms with Gasteiger partial charge in [0.15, 0.2) is 0 Å². The molecular weight excluding hydrogens is 203 g/mol. The van der Waals surface area contributed by atoms with Gasteiger partial charge in [0.25, 0.3) is 0 Å². The van der Waals surface area contributed by atoms with Crippen molar-refractivity contribution >= 4 is 5.57 Å². The van der Waals surface area contributed by atoms with Crippen LogP contribution in [0.4, 0.5) is 4.39 Å². The van der Waals surface area contributed by atoms with Gasteiger partial charge in [-0.05, 0) is 48.4 Å². The molecule has 0 amide bonds. The first-order chi connectivity index (χ1) is 7.84. The van der Waals surface area contributed by atoms with Crippen LogP contribution in [0.5, 0.6) is 0 Å². The van der Waals surface area contributed by atoms with Gasteiger partial charge in [-0.15, -0.1) is 0 Å². The largest absolute Gasteiger partial charge is 0.316 e. The van der Waals surface area contributed by atoms with Gasteiger partial charge < -0.3 is 5.32 Å². The maximum Gasteiger partial charge on any atom is 0.142 e. The first kappa shape index (κ1) is 9.97. The zero-order chi connectivity index (χ0) is 11.0. The van der Waals surface area contributed by atoms with Crippen molar-refractivity contribution in [3.63, 3.8) is 0 Å². The van der Waals surface area contributed by atoms with Gasteiger partial charge in [0.1, 0.15) is 5.82 Å². The van der Waals surface area contributed by atoms with E-state index < -0.39 is 0 Å². The summed E-state index contributed by atoms with van der Waals surface area (Å²) in [6.45, 7) is 2.14. The molecule has 16 heavy (non-hydrogen) atoms. The topological polar surface area (TPSA) is 24.9 Å². The summed E-state index contributed by atoms with van der Waals surface area (Å²) in [6.07, 6.45) is 7.66. The number of nitrogens with one attached hydrogen (secondary N) is 1. The first-order valence-electron chi connectivity index (χ1n) is 5.86. The van der Waals surface area contributed by atoms with E-state index in [0.717, 1.165) is 31.0 Å². The third kappa shape index (κ3) is 1.65. The molecule has 3 heteroatoms. The molecule has 2 unspecified atom stereocenters. The molecule has 1 aliphatic heterocycles. The Kier molecular flexibility index (Phi) is 2.48. The molecule has 84 valence electrons. The normalized spacial score (nSPS) is 28.7. The molecule has 2 heterocycles. The fraction of sp³-hybridized carbons (Fsp3) is 0.462. The highest BCUT2D eigenvalue weighted by molar-refractivity contribution is 5.69. The predicted molar refractivity (Wildman–Crippen MR) is 61.3 cm³/mol. The number of allylic oxidation sites excluding steroid dienone is 1. The van der Waals surface area contributed by atoms with Gasteiger partial charge in [0.2, 0.25) is 0 Å². The fourth-order valence-electron chi connectivity index (χ4n) is 2.89. The summed E-state index contributed by atoms with van der Waals surface area (Å²) in [7, 11) is 0. The quantitative estimate of drug-likeness (QED) is 0.782. The van der Waals surface area contributed by atoms with E-state index in [0.29, 0.717) is 5.92 Å². The van der Waals surface area contributed by atoms with Crippen LogP contribution in [0.15, 0.2) is 24.5 Å². The van der Waals surface area contributed by atoms with Crippen molar-refractivity contribution in [2.45, 2.75) is 12.8 Å². The molecule has 0 radical (unpaired) electrons. The minimum Gasteiger partial charge on any atom is -0.316 e. The van der Waals surface area contributed by atoms with Crippen molar-refractivity contribution < 1.29 is 4.39 Å². The van der Waals surface area contributed by atoms with E-state index in [1.807, 2.05) is 0 Å². The van der Waals surface area contributed by atoms with Gasteiger partial charge in [-0.2, -0.15) is 0 Å². The highest BCUT2D eigenvalue weighted by Crippen LogP contribution is 2.40. The van der Waals surface area contributed by atoms with Crippen LogP contribution in [0, 0.1) is 17.7 Å². The molecule has 0 bridgehead atoms. The molecule has 0 spiro atoms. The molecule has 1 N–H and O–H groups in total. The van der Waals surface area contributed by atoms with Crippen LogP contribution < -0.4 is 5.32 Å². The Bertz CT molecular complexity index is 428. The minimum atomic E-state index is -0.245. The number of halogens is 1. The fourth-order valence-corrected chi connectivity index (χ4v) is 2.89. The summed E-state index contributed by atoms with van der Waals surface area (Å²) in [5.41, 5.74) is 2.24. The molecule has 0 saturated carbocycles. The summed E-state index contributed by atoms with van der Waals surface area (Å²) in [5, 5.41) is 3.42. The minimum absolute atomic E-state index is 0.245. The van der Waals surface area contributed by atoms with Gasteiger partial charge >= 0.3 is 0 Å². The molecular formula is C13H15FN2. The lowest BCUT2D eigenvalue weighted by atomic mass is 9.84. The number of aromatic nitrogens is 1. The van der Waals surface area contributed by atoms with E-state index in [-0.39, 0.29) is 5.82 Å². The Labute approximate surface area is 94.6 Å². The van der Waals surface area contributed by atoms with Gasteiger partial charge in [0, 0.05) is 12.7 Å². The van der Waals surface area contributed by atoms with E-state index in [1.165, 1.54) is 18.2 Å². The van der Waals surface area contributed by atoms with Crippen molar-refractivity contribution in [3.05, 3.63) is 35.9 Å². The number of rotatable bonds is 1. The molecule has 3 rings (SSSR count). The number of nitrogens with zero attached hydrogens (tertiary/aromatic N) is 1. The molecule has 1 aliphatic carbocycles. The summed E-state index contributed by atoms with van der Waals surface area (Å²) in [6, 6.07) is 1.59. The zero-order valence-electron chi connectivity index (χ0n) is 9.12. The van der Waals surface area contributed by atoms with Gasteiger partial charge in [-0.25, -0.2) is 4.39 Å². The second-order valence-electron chi connectivity index (χ2n) is 4.65. The van der Waals surface area contributed by atoms with Crippen LogP contribution in [-0.4, -0.2) is 18.1 Å². The van der Waals surface area contributed by atoms with Crippen LogP contribution in [-0.2, 0) is 0 Å². The Hall–Kier alpha value is -1.22. The summed E-state index contributed by atoms with van der Waals surface area (Å²) in [5.74, 6) is 1.06. The maximum atomic E-state index is 13.1. The maximum absolute atomic E-state index is 13.1. The third-order valence-corrected chi connectivity index (χ3v) is 3.70. The third-order valence-electron chi connectivity index (χ3n) is 3.70. The van der Waals surface area contributed by atoms with E-state index in [2.05, 4.69) is 16.4 Å². The SMILES string of the molecule is Fc1cncc(C2=CCC3CCNCC23)c1. The van der Waals surface area contributed by atoms with Crippen LogP contribution in [0.3, 0.4) is 0 Å². The number of pyridine rings is 1. The highest BCUT2D eigenvalue weighted by atomic mass is 19.1. The van der Waals surface area contributed by atoms with E-state index in [9.17, 15) is 4.39 Å². The van der Waals surface area contributed by atoms with Crippen molar-refractivity contribution in [3.8, 4) is 0 Å². The second-order valence-corrected chi connectivity index (χ2v) is 4.65. The van der Waals surface area contributed by atoms with Gasteiger partial charge in [-0.3, -0.25) is 4.98 Å². The van der Waals surface area contributed by atoms with Crippen LogP contribution in [0.25, 0.3) is 5.57 Å². The summed E-state index contributed by atoms with van der Waals surface area (Å²) >= 11 is 0. The Morgan fingerprint density at radius 2 is 2.31 bits per heavy atom. The molecule has 2 atom stereocenters. The molecule has 1 aromatic heterocycles. The van der Waals surface area contributed by atoms with Crippen molar-refractivity contribution in [2.75, 3.05) is 13.1 Å². The van der Waals surface area contributed by atoms with Crippen LogP contribution in [0.2, 0.25) is 0 Å². The van der Waals surface area contributed by atoms with Crippen molar-refractivity contribution in [2.24, 2.45) is 11.8 Å². The lowest BCUT2D eigenvalue weighted by Gasteiger charge is -2.28.